The lowest BCUT2D eigenvalue weighted by Crippen LogP contribution is -2.18. The molecule has 0 unspecified atom stereocenters. The molecule has 0 heterocycles. The molecule has 0 atom stereocenters. The summed E-state index contributed by atoms with van der Waals surface area (Å²) in [4.78, 5) is 16.0. The average molecular weight is 231 g/mol. The van der Waals surface area contributed by atoms with Gasteiger partial charge in [0.1, 0.15) is 0 Å². The molecule has 1 rings (SSSR count). The van der Waals surface area contributed by atoms with Crippen molar-refractivity contribution in [3.05, 3.63) is 59.7 Å². The van der Waals surface area contributed by atoms with Gasteiger partial charge in [0.2, 0.25) is 0 Å². The Morgan fingerprint density at radius 1 is 1.35 bits per heavy atom. The molecule has 3 nitrogen and oxygen atoms in total. The van der Waals surface area contributed by atoms with E-state index in [1.165, 1.54) is 11.6 Å². The molecule has 0 aliphatic rings. The standard InChI is InChI=1S/C14H17NO2/c1-3-4-5-10-14(16)17-15-11-13-9-7-6-8-12(13)2/h3-10,15H,11H2,1-2H3/q+1/b4-3+,10-5+. The third-order valence-electron chi connectivity index (χ3n) is 2.23. The summed E-state index contributed by atoms with van der Waals surface area (Å²) < 4.78 is 0. The lowest BCUT2D eigenvalue weighted by Gasteiger charge is -2.01. The summed E-state index contributed by atoms with van der Waals surface area (Å²) in [6.07, 6.45) is 6.61. The molecule has 0 amide bonds. The van der Waals surface area contributed by atoms with Crippen molar-refractivity contribution in [2.24, 2.45) is 0 Å². The number of aryl methyl sites for hydroxylation is 1. The van der Waals surface area contributed by atoms with Crippen LogP contribution >= 0.6 is 0 Å². The van der Waals surface area contributed by atoms with Crippen molar-refractivity contribution < 1.29 is 9.63 Å². The van der Waals surface area contributed by atoms with Gasteiger partial charge in [0, 0.05) is 0 Å². The number of hydroxylamine groups is 1. The number of benzene rings is 1. The first-order valence-corrected chi connectivity index (χ1v) is 5.51. The molecule has 0 aliphatic heterocycles. The van der Waals surface area contributed by atoms with E-state index in [1.807, 2.05) is 44.2 Å². The van der Waals surface area contributed by atoms with Gasteiger partial charge in [-0.15, -0.1) is 0 Å². The van der Waals surface area contributed by atoms with E-state index < -0.39 is 5.97 Å². The van der Waals surface area contributed by atoms with Gasteiger partial charge in [-0.3, -0.25) is 0 Å². The Labute approximate surface area is 102 Å². The highest BCUT2D eigenvalue weighted by molar-refractivity contribution is 5.81. The van der Waals surface area contributed by atoms with Crippen molar-refractivity contribution >= 4 is 5.97 Å². The fraction of sp³-hybridized carbons (Fsp3) is 0.214. The second-order valence-electron chi connectivity index (χ2n) is 3.55. The molecule has 0 bridgehead atoms. The van der Waals surface area contributed by atoms with Crippen molar-refractivity contribution in [2.75, 3.05) is 0 Å². The van der Waals surface area contributed by atoms with Gasteiger partial charge in [-0.1, -0.05) is 36.4 Å². The number of rotatable bonds is 5. The van der Waals surface area contributed by atoms with Gasteiger partial charge >= 0.3 is 5.97 Å². The van der Waals surface area contributed by atoms with Gasteiger partial charge < -0.3 is 0 Å². The van der Waals surface area contributed by atoms with Crippen molar-refractivity contribution in [1.82, 2.24) is 5.48 Å². The molecule has 0 fully saturated rings. The van der Waals surface area contributed by atoms with Crippen LogP contribution in [0.4, 0.5) is 0 Å². The highest BCUT2D eigenvalue weighted by atomic mass is 16.7. The zero-order valence-electron chi connectivity index (χ0n) is 10.1. The first kappa shape index (κ1) is 13.2. The Bertz CT molecular complexity index is 422. The van der Waals surface area contributed by atoms with E-state index >= 15 is 0 Å². The molecule has 0 aromatic heterocycles. The van der Waals surface area contributed by atoms with E-state index in [0.29, 0.717) is 6.54 Å². The van der Waals surface area contributed by atoms with Crippen molar-refractivity contribution in [1.29, 1.82) is 0 Å². The maximum absolute atomic E-state index is 11.2. The van der Waals surface area contributed by atoms with E-state index in [-0.39, 0.29) is 0 Å². The highest BCUT2D eigenvalue weighted by Crippen LogP contribution is 2.05. The zero-order chi connectivity index (χ0) is 12.5. The van der Waals surface area contributed by atoms with Crippen LogP contribution in [0.2, 0.25) is 0 Å². The van der Waals surface area contributed by atoms with Crippen molar-refractivity contribution in [2.45, 2.75) is 20.4 Å². The second-order valence-corrected chi connectivity index (χ2v) is 3.55. The number of allylic oxidation sites excluding steroid dienone is 3. The Morgan fingerprint density at radius 3 is 2.82 bits per heavy atom. The number of nitrogens with one attached hydrogen (secondary N) is 1. The highest BCUT2D eigenvalue weighted by Gasteiger charge is 2.11. The third kappa shape index (κ3) is 5.13. The molecule has 0 saturated heterocycles. The van der Waals surface area contributed by atoms with E-state index in [4.69, 9.17) is 4.84 Å². The lowest BCUT2D eigenvalue weighted by molar-refractivity contribution is -0.145. The number of carbonyl (C=O) groups excluding carboxylic acids is 1. The minimum absolute atomic E-state index is 0.406. The van der Waals surface area contributed by atoms with Crippen LogP contribution in [0.1, 0.15) is 18.1 Å². The maximum atomic E-state index is 11.2. The Kier molecular flexibility index (Phi) is 5.75. The summed E-state index contributed by atoms with van der Waals surface area (Å²) in [5.74, 6) is -0.406. The first-order valence-electron chi connectivity index (χ1n) is 5.51. The fourth-order valence-corrected chi connectivity index (χ4v) is 1.27. The normalized spacial score (nSPS) is 11.2. The smallest absolute Gasteiger partial charge is 0.195 e. The van der Waals surface area contributed by atoms with Crippen LogP contribution in [0, 0.1) is 6.92 Å². The zero-order valence-corrected chi connectivity index (χ0v) is 10.1. The first-order chi connectivity index (χ1) is 8.24. The van der Waals surface area contributed by atoms with Gasteiger partial charge in [-0.25, -0.2) is 0 Å². The number of hydrogen-bond donors (Lipinski definition) is 1. The van der Waals surface area contributed by atoms with Crippen LogP contribution in [0.3, 0.4) is 0 Å². The van der Waals surface area contributed by atoms with Crippen LogP contribution in [-0.4, -0.2) is 5.97 Å². The minimum atomic E-state index is -0.406. The molecular formula is C14H17NO2+. The summed E-state index contributed by atoms with van der Waals surface area (Å²) in [5, 5.41) is 0. The molecule has 89 valence electrons. The summed E-state index contributed by atoms with van der Waals surface area (Å²) in [7, 11) is 0. The monoisotopic (exact) mass is 231 g/mol. The lowest BCUT2D eigenvalue weighted by atomic mass is 10.1. The molecule has 1 radical (unpaired) electrons. The topological polar surface area (TPSA) is 41.2 Å². The van der Waals surface area contributed by atoms with E-state index in [0.717, 1.165) is 5.56 Å². The molecule has 1 N–H and O–H groups in total. The molecule has 1 aromatic rings. The fourth-order valence-electron chi connectivity index (χ4n) is 1.27. The molecule has 17 heavy (non-hydrogen) atoms. The Morgan fingerprint density at radius 2 is 2.12 bits per heavy atom. The van der Waals surface area contributed by atoms with E-state index in [1.54, 1.807) is 12.2 Å². The minimum Gasteiger partial charge on any atom is -0.195 e. The molecule has 0 saturated carbocycles. The predicted molar refractivity (Wildman–Crippen MR) is 68.1 cm³/mol. The van der Waals surface area contributed by atoms with Crippen LogP contribution in [0.25, 0.3) is 0 Å². The van der Waals surface area contributed by atoms with Crippen molar-refractivity contribution in [3.63, 3.8) is 0 Å². The Balaban J connectivity index is 2.33. The second kappa shape index (κ2) is 7.41. The van der Waals surface area contributed by atoms with Crippen LogP contribution in [0.15, 0.2) is 48.6 Å². The molecule has 3 heteroatoms. The van der Waals surface area contributed by atoms with Gasteiger partial charge in [-0.2, -0.15) is 4.84 Å². The molecule has 0 spiro atoms. The summed E-state index contributed by atoms with van der Waals surface area (Å²) in [6.45, 7) is 4.41. The summed E-state index contributed by atoms with van der Waals surface area (Å²) in [5.41, 5.74) is 4.92. The molecule has 1 aromatic carbocycles. The maximum Gasteiger partial charge on any atom is 0.623 e. The van der Waals surface area contributed by atoms with Crippen LogP contribution in [0.5, 0.6) is 0 Å². The summed E-state index contributed by atoms with van der Waals surface area (Å²) in [6, 6.07) is 7.94. The summed E-state index contributed by atoms with van der Waals surface area (Å²) >= 11 is 0. The molecule has 0 aliphatic carbocycles. The van der Waals surface area contributed by atoms with Crippen LogP contribution < -0.4 is 5.48 Å². The van der Waals surface area contributed by atoms with E-state index in [9.17, 15) is 4.79 Å². The molecular weight excluding hydrogens is 214 g/mol. The quantitative estimate of drug-likeness (QED) is 0.366. The van der Waals surface area contributed by atoms with Crippen LogP contribution in [-0.2, 0) is 16.2 Å². The van der Waals surface area contributed by atoms with Gasteiger partial charge in [0.25, 0.3) is 0 Å². The Hall–Kier alpha value is -1.87. The number of carbonyl (C=O) groups is 1. The SMILES string of the molecule is C/C=C/C=C/C(=[O+])ONCc1ccccc1C. The van der Waals surface area contributed by atoms with Gasteiger partial charge in [0.15, 0.2) is 0 Å². The average Bonchev–Trinajstić information content (AvgIpc) is 2.32. The number of hydrogen-bond acceptors (Lipinski definition) is 3. The largest absolute Gasteiger partial charge is 0.623 e. The van der Waals surface area contributed by atoms with Gasteiger partial charge in [0.05, 0.1) is 17.4 Å². The predicted octanol–water partition coefficient (Wildman–Crippen LogP) is 2.68. The van der Waals surface area contributed by atoms with E-state index in [2.05, 4.69) is 5.48 Å². The van der Waals surface area contributed by atoms with Crippen molar-refractivity contribution in [3.8, 4) is 0 Å². The third-order valence-corrected chi connectivity index (χ3v) is 2.23. The van der Waals surface area contributed by atoms with Gasteiger partial charge in [-0.05, 0) is 36.5 Å².